The summed E-state index contributed by atoms with van der Waals surface area (Å²) < 4.78 is 3.27. The molecule has 0 aliphatic carbocycles. The lowest BCUT2D eigenvalue weighted by Crippen LogP contribution is -2.31. The molecule has 7 nitrogen and oxygen atoms in total. The number of rotatable bonds is 5. The summed E-state index contributed by atoms with van der Waals surface area (Å²) in [6.07, 6.45) is 3.78. The first kappa shape index (κ1) is 14.5. The van der Waals surface area contributed by atoms with Gasteiger partial charge in [-0.2, -0.15) is 10.2 Å². The summed E-state index contributed by atoms with van der Waals surface area (Å²) in [7, 11) is 1.72. The van der Waals surface area contributed by atoms with Gasteiger partial charge in [-0.05, 0) is 13.3 Å². The van der Waals surface area contributed by atoms with Crippen LogP contribution in [-0.4, -0.2) is 30.5 Å². The largest absolute Gasteiger partial charge is 0.341 e. The van der Waals surface area contributed by atoms with Gasteiger partial charge in [-0.25, -0.2) is 9.67 Å². The summed E-state index contributed by atoms with van der Waals surface area (Å²) in [6, 6.07) is -0.219. The molecule has 0 aliphatic rings. The highest BCUT2D eigenvalue weighted by Gasteiger charge is 2.22. The smallest absolute Gasteiger partial charge is 0.273 e. The zero-order valence-corrected chi connectivity index (χ0v) is 12.4. The third kappa shape index (κ3) is 2.82. The second kappa shape index (κ2) is 6.04. The summed E-state index contributed by atoms with van der Waals surface area (Å²) in [5.74, 6) is 0.420. The Morgan fingerprint density at radius 1 is 1.50 bits per heavy atom. The van der Waals surface area contributed by atoms with E-state index in [1.54, 1.807) is 17.9 Å². The average Bonchev–Trinajstić information content (AvgIpc) is 3.01. The molecular weight excluding hydrogens is 280 g/mol. The van der Waals surface area contributed by atoms with Crippen LogP contribution in [0.15, 0.2) is 12.5 Å². The Morgan fingerprint density at radius 2 is 2.25 bits per heavy atom. The number of hydrogen-bond acceptors (Lipinski definition) is 4. The van der Waals surface area contributed by atoms with E-state index in [1.807, 2.05) is 13.8 Å². The van der Waals surface area contributed by atoms with Gasteiger partial charge in [-0.1, -0.05) is 18.5 Å². The highest BCUT2D eigenvalue weighted by Crippen LogP contribution is 2.17. The van der Waals surface area contributed by atoms with E-state index in [0.29, 0.717) is 18.0 Å². The minimum atomic E-state index is -0.312. The minimum absolute atomic E-state index is 0.218. The maximum atomic E-state index is 12.2. The van der Waals surface area contributed by atoms with E-state index in [2.05, 4.69) is 20.5 Å². The number of halogens is 1. The van der Waals surface area contributed by atoms with E-state index in [9.17, 15) is 4.79 Å². The van der Waals surface area contributed by atoms with Crippen molar-refractivity contribution < 1.29 is 4.79 Å². The van der Waals surface area contributed by atoms with Crippen molar-refractivity contribution in [2.24, 2.45) is 7.05 Å². The molecule has 0 aromatic carbocycles. The fourth-order valence-electron chi connectivity index (χ4n) is 1.98. The number of carbonyl (C=O) groups is 1. The zero-order chi connectivity index (χ0) is 14.7. The van der Waals surface area contributed by atoms with Gasteiger partial charge in [-0.15, -0.1) is 0 Å². The van der Waals surface area contributed by atoms with Crippen LogP contribution in [0.2, 0.25) is 5.02 Å². The molecule has 0 bridgehead atoms. The molecule has 0 saturated heterocycles. The van der Waals surface area contributed by atoms with Crippen molar-refractivity contribution in [2.45, 2.75) is 32.9 Å². The monoisotopic (exact) mass is 296 g/mol. The summed E-state index contributed by atoms with van der Waals surface area (Å²) in [5, 5.41) is 11.4. The van der Waals surface area contributed by atoms with Gasteiger partial charge in [0.15, 0.2) is 5.69 Å². The topological polar surface area (TPSA) is 77.6 Å². The van der Waals surface area contributed by atoms with Crippen LogP contribution in [0, 0.1) is 0 Å². The van der Waals surface area contributed by atoms with E-state index < -0.39 is 0 Å². The molecule has 1 atom stereocenters. The minimum Gasteiger partial charge on any atom is -0.341 e. The zero-order valence-electron chi connectivity index (χ0n) is 11.7. The third-order valence-electron chi connectivity index (χ3n) is 2.97. The Morgan fingerprint density at radius 3 is 2.80 bits per heavy atom. The van der Waals surface area contributed by atoms with Crippen LogP contribution in [0.1, 0.15) is 42.6 Å². The SMILES string of the molecule is CC[C@@H](NC(=O)c1nn(C)cc1Cl)c1ncnn1CC. The third-order valence-corrected chi connectivity index (χ3v) is 3.25. The first-order valence-electron chi connectivity index (χ1n) is 6.44. The van der Waals surface area contributed by atoms with Crippen LogP contribution in [-0.2, 0) is 13.6 Å². The highest BCUT2D eigenvalue weighted by molar-refractivity contribution is 6.33. The van der Waals surface area contributed by atoms with Crippen molar-refractivity contribution in [1.29, 1.82) is 0 Å². The van der Waals surface area contributed by atoms with E-state index in [0.717, 1.165) is 5.82 Å². The van der Waals surface area contributed by atoms with E-state index >= 15 is 0 Å². The van der Waals surface area contributed by atoms with Crippen LogP contribution in [0.3, 0.4) is 0 Å². The number of aryl methyl sites for hydroxylation is 2. The molecule has 108 valence electrons. The lowest BCUT2D eigenvalue weighted by atomic mass is 10.2. The number of aromatic nitrogens is 5. The standard InChI is InChI=1S/C12H17ClN6O/c1-4-9(11-14-7-15-19(11)5-2)16-12(20)10-8(13)6-18(3)17-10/h6-7,9H,4-5H2,1-3H3,(H,16,20)/t9-/m1/s1. The van der Waals surface area contributed by atoms with Gasteiger partial charge in [0.1, 0.15) is 12.2 Å². The first-order valence-corrected chi connectivity index (χ1v) is 6.82. The van der Waals surface area contributed by atoms with Crippen LogP contribution < -0.4 is 5.32 Å². The van der Waals surface area contributed by atoms with Gasteiger partial charge >= 0.3 is 0 Å². The number of amides is 1. The molecule has 8 heteroatoms. The molecule has 2 aromatic rings. The van der Waals surface area contributed by atoms with Crippen molar-refractivity contribution in [1.82, 2.24) is 29.9 Å². The molecule has 0 unspecified atom stereocenters. The molecule has 1 N–H and O–H groups in total. The molecule has 0 fully saturated rings. The molecule has 2 heterocycles. The lowest BCUT2D eigenvalue weighted by molar-refractivity contribution is 0.0927. The Balaban J connectivity index is 2.18. The second-order valence-electron chi connectivity index (χ2n) is 4.37. The van der Waals surface area contributed by atoms with Crippen molar-refractivity contribution >= 4 is 17.5 Å². The van der Waals surface area contributed by atoms with Gasteiger partial charge in [-0.3, -0.25) is 9.48 Å². The summed E-state index contributed by atoms with van der Waals surface area (Å²) in [5.41, 5.74) is 0.218. The average molecular weight is 297 g/mol. The van der Waals surface area contributed by atoms with Crippen LogP contribution in [0.4, 0.5) is 0 Å². The normalized spacial score (nSPS) is 12.4. The molecule has 0 spiro atoms. The molecular formula is C12H17ClN6O. The number of hydrogen-bond donors (Lipinski definition) is 1. The summed E-state index contributed by atoms with van der Waals surface area (Å²) in [4.78, 5) is 16.4. The quantitative estimate of drug-likeness (QED) is 0.908. The predicted molar refractivity (Wildman–Crippen MR) is 74.4 cm³/mol. The molecule has 2 rings (SSSR count). The van der Waals surface area contributed by atoms with Crippen molar-refractivity contribution in [3.63, 3.8) is 0 Å². The number of nitrogens with zero attached hydrogens (tertiary/aromatic N) is 5. The Labute approximate surface area is 121 Å². The van der Waals surface area contributed by atoms with Crippen LogP contribution in [0.5, 0.6) is 0 Å². The van der Waals surface area contributed by atoms with Crippen molar-refractivity contribution in [3.8, 4) is 0 Å². The summed E-state index contributed by atoms with van der Waals surface area (Å²) >= 11 is 5.97. The Kier molecular flexibility index (Phi) is 4.39. The highest BCUT2D eigenvalue weighted by atomic mass is 35.5. The van der Waals surface area contributed by atoms with Crippen molar-refractivity contribution in [3.05, 3.63) is 29.1 Å². The maximum Gasteiger partial charge on any atom is 0.273 e. The Hall–Kier alpha value is -1.89. The van der Waals surface area contributed by atoms with Gasteiger partial charge in [0, 0.05) is 19.8 Å². The molecule has 1 amide bonds. The van der Waals surface area contributed by atoms with Gasteiger partial charge in [0.2, 0.25) is 0 Å². The molecule has 2 aromatic heterocycles. The van der Waals surface area contributed by atoms with E-state index in [4.69, 9.17) is 11.6 Å². The Bertz CT molecular complexity index is 605. The van der Waals surface area contributed by atoms with Crippen LogP contribution >= 0.6 is 11.6 Å². The van der Waals surface area contributed by atoms with Gasteiger partial charge < -0.3 is 5.32 Å². The van der Waals surface area contributed by atoms with E-state index in [-0.39, 0.29) is 17.6 Å². The number of nitrogens with one attached hydrogen (secondary N) is 1. The first-order chi connectivity index (χ1) is 9.56. The van der Waals surface area contributed by atoms with E-state index in [1.165, 1.54) is 11.0 Å². The molecule has 0 radical (unpaired) electrons. The van der Waals surface area contributed by atoms with Crippen molar-refractivity contribution in [2.75, 3.05) is 0 Å². The molecule has 0 aliphatic heterocycles. The molecule has 20 heavy (non-hydrogen) atoms. The lowest BCUT2D eigenvalue weighted by Gasteiger charge is -2.16. The molecule has 0 saturated carbocycles. The van der Waals surface area contributed by atoms with Gasteiger partial charge in [0.05, 0.1) is 11.1 Å². The number of carbonyl (C=O) groups excluding carboxylic acids is 1. The van der Waals surface area contributed by atoms with Crippen LogP contribution in [0.25, 0.3) is 0 Å². The van der Waals surface area contributed by atoms with Gasteiger partial charge in [0.25, 0.3) is 5.91 Å². The fraction of sp³-hybridized carbons (Fsp3) is 0.500. The predicted octanol–water partition coefficient (Wildman–Crippen LogP) is 1.57. The fourth-order valence-corrected chi connectivity index (χ4v) is 2.24. The summed E-state index contributed by atoms with van der Waals surface area (Å²) in [6.45, 7) is 4.65. The maximum absolute atomic E-state index is 12.2. The second-order valence-corrected chi connectivity index (χ2v) is 4.77.